The normalized spacial score (nSPS) is 10.6. The van der Waals surface area contributed by atoms with Gasteiger partial charge in [0.2, 0.25) is 0 Å². The summed E-state index contributed by atoms with van der Waals surface area (Å²) in [5, 5.41) is 16.1. The van der Waals surface area contributed by atoms with E-state index in [1.54, 1.807) is 11.3 Å². The van der Waals surface area contributed by atoms with Gasteiger partial charge in [0, 0.05) is 18.0 Å². The van der Waals surface area contributed by atoms with Crippen molar-refractivity contribution in [3.63, 3.8) is 0 Å². The van der Waals surface area contributed by atoms with Crippen LogP contribution in [0.2, 0.25) is 0 Å². The van der Waals surface area contributed by atoms with Gasteiger partial charge in [-0.05, 0) is 34.9 Å². The molecule has 0 amide bonds. The Labute approximate surface area is 108 Å². The lowest BCUT2D eigenvalue weighted by Crippen LogP contribution is -2.17. The van der Waals surface area contributed by atoms with E-state index in [1.165, 1.54) is 16.2 Å². The first kappa shape index (κ1) is 12.3. The molecule has 0 aliphatic heterocycles. The second kappa shape index (κ2) is 5.95. The Morgan fingerprint density at radius 1 is 1.29 bits per heavy atom. The van der Waals surface area contributed by atoms with Crippen LogP contribution in [0.3, 0.4) is 0 Å². The molecule has 17 heavy (non-hydrogen) atoms. The van der Waals surface area contributed by atoms with Gasteiger partial charge in [-0.15, -0.1) is 22.7 Å². The minimum absolute atomic E-state index is 0.439. The van der Waals surface area contributed by atoms with Crippen LogP contribution in [0.1, 0.15) is 20.1 Å². The molecule has 3 nitrogen and oxygen atoms in total. The molecule has 2 N–H and O–H groups in total. The average Bonchev–Trinajstić information content (AvgIpc) is 2.95. The first-order valence-corrected chi connectivity index (χ1v) is 7.06. The van der Waals surface area contributed by atoms with Crippen molar-refractivity contribution in [1.82, 2.24) is 5.32 Å². The fraction of sp³-hybridized carbons (Fsp3) is 0.250. The first-order chi connectivity index (χ1) is 8.27. The number of aromatic carboxylic acids is 1. The summed E-state index contributed by atoms with van der Waals surface area (Å²) in [5.74, 6) is -0.838. The number of carboxylic acid groups (broad SMARTS) is 1. The van der Waals surface area contributed by atoms with Crippen LogP contribution in [0, 0.1) is 0 Å². The molecular weight excluding hydrogens is 254 g/mol. The zero-order valence-electron chi connectivity index (χ0n) is 9.18. The van der Waals surface area contributed by atoms with Crippen LogP contribution in [0.15, 0.2) is 29.0 Å². The number of carboxylic acids is 1. The Bertz CT molecular complexity index is 476. The first-order valence-electron chi connectivity index (χ1n) is 5.30. The maximum atomic E-state index is 10.9. The van der Waals surface area contributed by atoms with Crippen molar-refractivity contribution in [1.29, 1.82) is 0 Å². The van der Waals surface area contributed by atoms with Crippen molar-refractivity contribution in [3.8, 4) is 0 Å². The third kappa shape index (κ3) is 3.39. The Morgan fingerprint density at radius 2 is 2.18 bits per heavy atom. The van der Waals surface area contributed by atoms with E-state index in [-0.39, 0.29) is 0 Å². The monoisotopic (exact) mass is 267 g/mol. The molecular formula is C12H13NO2S2. The largest absolute Gasteiger partial charge is 0.477 e. The van der Waals surface area contributed by atoms with Gasteiger partial charge >= 0.3 is 5.97 Å². The van der Waals surface area contributed by atoms with E-state index in [4.69, 9.17) is 5.11 Å². The molecule has 5 heteroatoms. The molecule has 0 radical (unpaired) electrons. The third-order valence-corrected chi connectivity index (χ3v) is 4.27. The van der Waals surface area contributed by atoms with Gasteiger partial charge in [-0.1, -0.05) is 6.07 Å². The van der Waals surface area contributed by atoms with Crippen LogP contribution in [0.5, 0.6) is 0 Å². The molecule has 0 atom stereocenters. The highest BCUT2D eigenvalue weighted by atomic mass is 32.1. The maximum Gasteiger partial charge on any atom is 0.346 e. The van der Waals surface area contributed by atoms with Crippen molar-refractivity contribution >= 4 is 28.6 Å². The van der Waals surface area contributed by atoms with Crippen molar-refractivity contribution in [2.45, 2.75) is 13.0 Å². The zero-order chi connectivity index (χ0) is 12.1. The van der Waals surface area contributed by atoms with E-state index >= 15 is 0 Å². The fourth-order valence-corrected chi connectivity index (χ4v) is 3.02. The molecule has 0 bridgehead atoms. The highest BCUT2D eigenvalue weighted by molar-refractivity contribution is 7.12. The van der Waals surface area contributed by atoms with Gasteiger partial charge in [0.05, 0.1) is 0 Å². The van der Waals surface area contributed by atoms with E-state index in [2.05, 4.69) is 16.8 Å². The molecule has 0 unspecified atom stereocenters. The molecule has 2 heterocycles. The Hall–Kier alpha value is -1.17. The van der Waals surface area contributed by atoms with E-state index < -0.39 is 5.97 Å². The third-order valence-electron chi connectivity index (χ3n) is 2.38. The second-order valence-electron chi connectivity index (χ2n) is 3.59. The number of carbonyl (C=O) groups is 1. The van der Waals surface area contributed by atoms with Gasteiger partial charge in [-0.25, -0.2) is 4.79 Å². The van der Waals surface area contributed by atoms with E-state index in [0.29, 0.717) is 11.4 Å². The number of nitrogens with one attached hydrogen (secondary N) is 1. The summed E-state index contributed by atoms with van der Waals surface area (Å²) in [7, 11) is 0. The standard InChI is InChI=1S/C12H13NO2S2/c14-12(15)11-9(4-7-17-11)8-13-5-3-10-2-1-6-16-10/h1-2,4,6-7,13H,3,5,8H2,(H,14,15). The van der Waals surface area contributed by atoms with E-state index in [1.807, 2.05) is 17.5 Å². The summed E-state index contributed by atoms with van der Waals surface area (Å²) in [5.41, 5.74) is 0.869. The van der Waals surface area contributed by atoms with Crippen molar-refractivity contribution in [3.05, 3.63) is 44.3 Å². The lowest BCUT2D eigenvalue weighted by Gasteiger charge is -2.03. The Kier molecular flexibility index (Phi) is 4.30. The fourth-order valence-electron chi connectivity index (χ4n) is 1.55. The zero-order valence-corrected chi connectivity index (χ0v) is 10.8. The van der Waals surface area contributed by atoms with E-state index in [9.17, 15) is 4.79 Å². The Morgan fingerprint density at radius 3 is 2.88 bits per heavy atom. The van der Waals surface area contributed by atoms with Gasteiger partial charge in [0.1, 0.15) is 4.88 Å². The van der Waals surface area contributed by atoms with Gasteiger partial charge < -0.3 is 10.4 Å². The number of hydrogen-bond donors (Lipinski definition) is 2. The highest BCUT2D eigenvalue weighted by Gasteiger charge is 2.10. The number of rotatable bonds is 6. The summed E-state index contributed by atoms with van der Waals surface area (Å²) >= 11 is 3.02. The average molecular weight is 267 g/mol. The van der Waals surface area contributed by atoms with Gasteiger partial charge in [-0.3, -0.25) is 0 Å². The SMILES string of the molecule is O=C(O)c1sccc1CNCCc1cccs1. The maximum absolute atomic E-state index is 10.9. The molecule has 2 aromatic heterocycles. The molecule has 0 aromatic carbocycles. The van der Waals surface area contributed by atoms with E-state index in [0.717, 1.165) is 18.5 Å². The summed E-state index contributed by atoms with van der Waals surface area (Å²) in [6.07, 6.45) is 0.990. The molecule has 2 rings (SSSR count). The lowest BCUT2D eigenvalue weighted by molar-refractivity contribution is 0.0701. The van der Waals surface area contributed by atoms with Crippen LogP contribution in [0.4, 0.5) is 0 Å². The molecule has 90 valence electrons. The molecule has 0 saturated heterocycles. The van der Waals surface area contributed by atoms with Crippen molar-refractivity contribution in [2.75, 3.05) is 6.54 Å². The summed E-state index contributed by atoms with van der Waals surface area (Å²) in [6, 6.07) is 6.02. The van der Waals surface area contributed by atoms with Gasteiger partial charge in [0.15, 0.2) is 0 Å². The summed E-state index contributed by atoms with van der Waals surface area (Å²) < 4.78 is 0. The predicted octanol–water partition coefficient (Wildman–Crippen LogP) is 2.84. The smallest absolute Gasteiger partial charge is 0.346 e. The van der Waals surface area contributed by atoms with Crippen LogP contribution < -0.4 is 5.32 Å². The van der Waals surface area contributed by atoms with Crippen LogP contribution in [-0.2, 0) is 13.0 Å². The molecule has 2 aromatic rings. The molecule has 0 aliphatic rings. The minimum Gasteiger partial charge on any atom is -0.477 e. The minimum atomic E-state index is -0.838. The Balaban J connectivity index is 1.78. The highest BCUT2D eigenvalue weighted by Crippen LogP contribution is 2.16. The van der Waals surface area contributed by atoms with Crippen molar-refractivity contribution < 1.29 is 9.90 Å². The van der Waals surface area contributed by atoms with Gasteiger partial charge in [-0.2, -0.15) is 0 Å². The molecule has 0 fully saturated rings. The summed E-state index contributed by atoms with van der Waals surface area (Å²) in [6.45, 7) is 1.49. The van der Waals surface area contributed by atoms with Crippen molar-refractivity contribution in [2.24, 2.45) is 0 Å². The van der Waals surface area contributed by atoms with Crippen LogP contribution in [-0.4, -0.2) is 17.6 Å². The quantitative estimate of drug-likeness (QED) is 0.791. The topological polar surface area (TPSA) is 49.3 Å². The molecule has 0 spiro atoms. The molecule has 0 aliphatic carbocycles. The van der Waals surface area contributed by atoms with Crippen LogP contribution >= 0.6 is 22.7 Å². The lowest BCUT2D eigenvalue weighted by atomic mass is 10.2. The second-order valence-corrected chi connectivity index (χ2v) is 5.53. The van der Waals surface area contributed by atoms with Gasteiger partial charge in [0.25, 0.3) is 0 Å². The molecule has 0 saturated carbocycles. The number of hydrogen-bond acceptors (Lipinski definition) is 4. The summed E-state index contributed by atoms with van der Waals surface area (Å²) in [4.78, 5) is 12.7. The van der Waals surface area contributed by atoms with Crippen LogP contribution in [0.25, 0.3) is 0 Å². The predicted molar refractivity (Wildman–Crippen MR) is 71.0 cm³/mol. The number of thiophene rings is 2.